The van der Waals surface area contributed by atoms with Gasteiger partial charge in [0.05, 0.1) is 12.2 Å². The summed E-state index contributed by atoms with van der Waals surface area (Å²) in [4.78, 5) is 14.7. The molecule has 130 valence electrons. The molecule has 6 nitrogen and oxygen atoms in total. The summed E-state index contributed by atoms with van der Waals surface area (Å²) in [6.07, 6.45) is 2.67. The molecule has 2 aliphatic rings. The Kier molecular flexibility index (Phi) is 6.68. The van der Waals surface area contributed by atoms with E-state index >= 15 is 0 Å². The number of sulfone groups is 1. The first-order valence-corrected chi connectivity index (χ1v) is 9.54. The molecule has 2 atom stereocenters. The lowest BCUT2D eigenvalue weighted by molar-refractivity contribution is -0.148. The zero-order valence-electron chi connectivity index (χ0n) is 13.5. The van der Waals surface area contributed by atoms with Gasteiger partial charge in [-0.05, 0) is 39.3 Å². The highest BCUT2D eigenvalue weighted by Crippen LogP contribution is 2.31. The van der Waals surface area contributed by atoms with Gasteiger partial charge < -0.3 is 15.0 Å². The SMILES string of the molecule is CCC1CN(C(=O)C2(S(C)(=O)=O)CCNCC2)CC(C)O1.Cl. The van der Waals surface area contributed by atoms with E-state index < -0.39 is 14.6 Å². The second kappa shape index (κ2) is 7.47. The fraction of sp³-hybridized carbons (Fsp3) is 0.929. The van der Waals surface area contributed by atoms with Crippen LogP contribution in [0.3, 0.4) is 0 Å². The maximum Gasteiger partial charge on any atom is 0.244 e. The summed E-state index contributed by atoms with van der Waals surface area (Å²) in [5, 5.41) is 3.14. The predicted molar refractivity (Wildman–Crippen MR) is 88.1 cm³/mol. The van der Waals surface area contributed by atoms with Crippen LogP contribution in [0.5, 0.6) is 0 Å². The summed E-state index contributed by atoms with van der Waals surface area (Å²) in [5.74, 6) is -0.236. The number of hydrogen-bond donors (Lipinski definition) is 1. The maximum absolute atomic E-state index is 13.0. The van der Waals surface area contributed by atoms with Gasteiger partial charge in [-0.15, -0.1) is 12.4 Å². The number of rotatable bonds is 3. The van der Waals surface area contributed by atoms with Crippen LogP contribution in [0.25, 0.3) is 0 Å². The summed E-state index contributed by atoms with van der Waals surface area (Å²) in [5.41, 5.74) is 0. The van der Waals surface area contributed by atoms with Crippen LogP contribution in [-0.2, 0) is 19.4 Å². The van der Waals surface area contributed by atoms with Crippen molar-refractivity contribution in [2.24, 2.45) is 0 Å². The van der Waals surface area contributed by atoms with Gasteiger partial charge in [0.25, 0.3) is 0 Å². The van der Waals surface area contributed by atoms with Crippen molar-refractivity contribution in [1.29, 1.82) is 0 Å². The highest BCUT2D eigenvalue weighted by Gasteiger charge is 2.51. The Balaban J connectivity index is 0.00000242. The molecule has 1 amide bonds. The van der Waals surface area contributed by atoms with Crippen molar-refractivity contribution in [3.05, 3.63) is 0 Å². The number of halogens is 1. The first kappa shape index (κ1) is 19.7. The van der Waals surface area contributed by atoms with Crippen molar-refractivity contribution in [3.63, 3.8) is 0 Å². The minimum absolute atomic E-state index is 0. The Bertz CT molecular complexity index is 491. The Hall–Kier alpha value is -0.370. The van der Waals surface area contributed by atoms with Crippen LogP contribution in [-0.4, -0.2) is 68.6 Å². The van der Waals surface area contributed by atoms with Crippen LogP contribution < -0.4 is 5.32 Å². The molecule has 0 aromatic carbocycles. The van der Waals surface area contributed by atoms with Crippen LogP contribution >= 0.6 is 12.4 Å². The van der Waals surface area contributed by atoms with Crippen molar-refractivity contribution < 1.29 is 17.9 Å². The molecular weight excluding hydrogens is 328 g/mol. The van der Waals surface area contributed by atoms with Gasteiger partial charge in [0.2, 0.25) is 5.91 Å². The van der Waals surface area contributed by atoms with E-state index in [9.17, 15) is 13.2 Å². The van der Waals surface area contributed by atoms with Gasteiger partial charge >= 0.3 is 0 Å². The van der Waals surface area contributed by atoms with Gasteiger partial charge in [-0.3, -0.25) is 4.79 Å². The zero-order valence-corrected chi connectivity index (χ0v) is 15.1. The molecule has 1 N–H and O–H groups in total. The molecule has 2 saturated heterocycles. The Morgan fingerprint density at radius 1 is 1.32 bits per heavy atom. The zero-order chi connectivity index (χ0) is 15.7. The van der Waals surface area contributed by atoms with Gasteiger partial charge in [0.1, 0.15) is 0 Å². The van der Waals surface area contributed by atoms with E-state index in [0.29, 0.717) is 39.0 Å². The number of carbonyl (C=O) groups is 1. The number of hydrogen-bond acceptors (Lipinski definition) is 5. The van der Waals surface area contributed by atoms with Crippen LogP contribution in [0.1, 0.15) is 33.1 Å². The maximum atomic E-state index is 13.0. The number of piperidine rings is 1. The smallest absolute Gasteiger partial charge is 0.244 e. The monoisotopic (exact) mass is 354 g/mol. The Labute approximate surface area is 139 Å². The van der Waals surface area contributed by atoms with Crippen molar-refractivity contribution in [2.45, 2.75) is 50.1 Å². The molecule has 2 rings (SSSR count). The molecule has 0 radical (unpaired) electrons. The standard InChI is InChI=1S/C14H26N2O4S.ClH/c1-4-12-10-16(9-11(2)20-12)13(17)14(21(3,18)19)5-7-15-8-6-14;/h11-12,15H,4-10H2,1-3H3;1H. The highest BCUT2D eigenvalue weighted by molar-refractivity contribution is 7.92. The number of ether oxygens (including phenoxy) is 1. The summed E-state index contributed by atoms with van der Waals surface area (Å²) >= 11 is 0. The largest absolute Gasteiger partial charge is 0.372 e. The van der Waals surface area contributed by atoms with E-state index in [1.165, 1.54) is 6.26 Å². The van der Waals surface area contributed by atoms with Crippen molar-refractivity contribution in [1.82, 2.24) is 10.2 Å². The van der Waals surface area contributed by atoms with Crippen LogP contribution in [0.15, 0.2) is 0 Å². The van der Waals surface area contributed by atoms with E-state index in [2.05, 4.69) is 5.32 Å². The third-order valence-corrected chi connectivity index (χ3v) is 6.58. The lowest BCUT2D eigenvalue weighted by Gasteiger charge is -2.43. The van der Waals surface area contributed by atoms with Crippen molar-refractivity contribution in [2.75, 3.05) is 32.4 Å². The fourth-order valence-electron chi connectivity index (χ4n) is 3.30. The summed E-state index contributed by atoms with van der Waals surface area (Å²) in [6.45, 7) is 6.04. The third kappa shape index (κ3) is 3.75. The van der Waals surface area contributed by atoms with Gasteiger partial charge in [0.15, 0.2) is 14.6 Å². The fourth-order valence-corrected chi connectivity index (χ4v) is 4.69. The van der Waals surface area contributed by atoms with E-state index in [1.807, 2.05) is 13.8 Å². The second-order valence-corrected chi connectivity index (χ2v) is 8.53. The molecule has 0 aromatic heterocycles. The van der Waals surface area contributed by atoms with Crippen LogP contribution in [0.4, 0.5) is 0 Å². The highest BCUT2D eigenvalue weighted by atomic mass is 35.5. The number of nitrogens with one attached hydrogen (secondary N) is 1. The van der Waals surface area contributed by atoms with E-state index in [0.717, 1.165) is 6.42 Å². The van der Waals surface area contributed by atoms with Crippen molar-refractivity contribution >= 4 is 28.2 Å². The van der Waals surface area contributed by atoms with E-state index in [1.54, 1.807) is 4.90 Å². The van der Waals surface area contributed by atoms with Gasteiger partial charge in [-0.2, -0.15) is 0 Å². The number of carbonyl (C=O) groups excluding carboxylic acids is 1. The average molecular weight is 355 g/mol. The van der Waals surface area contributed by atoms with Crippen molar-refractivity contribution in [3.8, 4) is 0 Å². The molecule has 2 aliphatic heterocycles. The summed E-state index contributed by atoms with van der Waals surface area (Å²) in [6, 6.07) is 0. The third-order valence-electron chi connectivity index (χ3n) is 4.58. The second-order valence-electron chi connectivity index (χ2n) is 6.20. The van der Waals surface area contributed by atoms with E-state index in [4.69, 9.17) is 4.74 Å². The molecule has 2 heterocycles. The van der Waals surface area contributed by atoms with Gasteiger partial charge in [-0.1, -0.05) is 6.92 Å². The molecule has 0 saturated carbocycles. The summed E-state index contributed by atoms with van der Waals surface area (Å²) < 4.78 is 29.1. The number of nitrogens with zero attached hydrogens (tertiary/aromatic N) is 1. The molecule has 22 heavy (non-hydrogen) atoms. The molecule has 2 fully saturated rings. The Morgan fingerprint density at radius 2 is 1.91 bits per heavy atom. The minimum atomic E-state index is -3.45. The molecule has 8 heteroatoms. The van der Waals surface area contributed by atoms with Gasteiger partial charge in [0, 0.05) is 19.3 Å². The lowest BCUT2D eigenvalue weighted by Crippen LogP contribution is -2.61. The first-order valence-electron chi connectivity index (χ1n) is 7.65. The molecule has 0 aromatic rings. The normalized spacial score (nSPS) is 28.8. The average Bonchev–Trinajstić information content (AvgIpc) is 2.45. The quantitative estimate of drug-likeness (QED) is 0.803. The summed E-state index contributed by atoms with van der Waals surface area (Å²) in [7, 11) is -3.45. The first-order chi connectivity index (χ1) is 9.80. The Morgan fingerprint density at radius 3 is 2.41 bits per heavy atom. The topological polar surface area (TPSA) is 75.7 Å². The molecule has 0 spiro atoms. The van der Waals surface area contributed by atoms with Crippen LogP contribution in [0.2, 0.25) is 0 Å². The predicted octanol–water partition coefficient (Wildman–Crippen LogP) is 0.601. The lowest BCUT2D eigenvalue weighted by atomic mass is 9.94. The molecule has 0 aliphatic carbocycles. The van der Waals surface area contributed by atoms with Gasteiger partial charge in [-0.25, -0.2) is 8.42 Å². The van der Waals surface area contributed by atoms with E-state index in [-0.39, 0.29) is 30.5 Å². The number of amides is 1. The molecule has 0 bridgehead atoms. The number of morpholine rings is 1. The minimum Gasteiger partial charge on any atom is -0.372 e. The molecular formula is C14H27ClN2O4S. The molecule has 2 unspecified atom stereocenters. The van der Waals surface area contributed by atoms with Crippen LogP contribution in [0, 0.1) is 0 Å².